The highest BCUT2D eigenvalue weighted by Gasteiger charge is 2.49. The number of carbonyl (C=O) groups is 1. The van der Waals surface area contributed by atoms with Gasteiger partial charge < -0.3 is 9.47 Å². The van der Waals surface area contributed by atoms with Crippen molar-refractivity contribution in [1.82, 2.24) is 5.06 Å². The first-order valence-corrected chi connectivity index (χ1v) is 9.42. The van der Waals surface area contributed by atoms with Gasteiger partial charge in [0.25, 0.3) is 5.91 Å². The molecule has 1 aliphatic rings. The molecular formula is C17H20ClNO4S2. The summed E-state index contributed by atoms with van der Waals surface area (Å²) in [6, 6.07) is 7.10. The number of amides is 1. The fraction of sp³-hybridized carbons (Fsp3) is 0.412. The minimum absolute atomic E-state index is 0.0631. The fourth-order valence-corrected chi connectivity index (χ4v) is 3.53. The smallest absolute Gasteiger partial charge is 0.282 e. The van der Waals surface area contributed by atoms with Crippen LogP contribution in [0.25, 0.3) is 5.57 Å². The second-order valence-corrected chi connectivity index (χ2v) is 7.94. The molecule has 1 aromatic carbocycles. The fourth-order valence-electron chi connectivity index (χ4n) is 2.48. The third-order valence-electron chi connectivity index (χ3n) is 3.58. The molecule has 0 fully saturated rings. The molecule has 0 unspecified atom stereocenters. The van der Waals surface area contributed by atoms with Gasteiger partial charge in [0.2, 0.25) is 4.38 Å². The van der Waals surface area contributed by atoms with Crippen molar-refractivity contribution >= 4 is 51.4 Å². The van der Waals surface area contributed by atoms with Crippen LogP contribution in [0.5, 0.6) is 0 Å². The average Bonchev–Trinajstić information content (AvgIpc) is 2.73. The van der Waals surface area contributed by atoms with E-state index in [1.807, 2.05) is 26.8 Å². The molecule has 0 radical (unpaired) electrons. The number of nitrogens with zero attached hydrogens (tertiary/aromatic N) is 1. The number of methoxy groups -OCH3 is 1. The Labute approximate surface area is 162 Å². The Hall–Kier alpha value is -1.12. The Morgan fingerprint density at radius 2 is 2.04 bits per heavy atom. The molecule has 0 saturated carbocycles. The number of rotatable bonds is 6. The summed E-state index contributed by atoms with van der Waals surface area (Å²) in [6.45, 7) is 5.55. The van der Waals surface area contributed by atoms with Gasteiger partial charge in [-0.05, 0) is 37.9 Å². The van der Waals surface area contributed by atoms with Crippen LogP contribution < -0.4 is 0 Å². The molecule has 1 aromatic rings. The summed E-state index contributed by atoms with van der Waals surface area (Å²) in [6.07, 6.45) is 0. The van der Waals surface area contributed by atoms with Crippen molar-refractivity contribution in [3.63, 3.8) is 0 Å². The number of benzene rings is 1. The number of hydroxylamine groups is 2. The normalized spacial score (nSPS) is 16.5. The van der Waals surface area contributed by atoms with Crippen molar-refractivity contribution in [2.24, 2.45) is 0 Å². The van der Waals surface area contributed by atoms with Crippen molar-refractivity contribution in [2.45, 2.75) is 26.3 Å². The third kappa shape index (κ3) is 4.17. The standard InChI is InChI=1S/C17H20ClNO4S2/c1-5-25-16(24)23-14-13(11-8-6-7-9-12(11)18)15(20)19(17(14,2)3)22-10-21-4/h6-9H,5,10H2,1-4H3. The summed E-state index contributed by atoms with van der Waals surface area (Å²) in [5.41, 5.74) is 0.0402. The predicted octanol–water partition coefficient (Wildman–Crippen LogP) is 4.26. The third-order valence-corrected chi connectivity index (χ3v) is 4.95. The number of hydrogen-bond acceptors (Lipinski definition) is 6. The molecule has 136 valence electrons. The maximum absolute atomic E-state index is 13.0. The molecule has 2 rings (SSSR count). The van der Waals surface area contributed by atoms with Crippen LogP contribution in [0.15, 0.2) is 30.0 Å². The van der Waals surface area contributed by atoms with Crippen molar-refractivity contribution in [3.05, 3.63) is 40.6 Å². The monoisotopic (exact) mass is 401 g/mol. The molecule has 25 heavy (non-hydrogen) atoms. The maximum Gasteiger partial charge on any atom is 0.282 e. The van der Waals surface area contributed by atoms with Gasteiger partial charge in [0.15, 0.2) is 6.79 Å². The Morgan fingerprint density at radius 3 is 2.64 bits per heavy atom. The van der Waals surface area contributed by atoms with Crippen molar-refractivity contribution in [3.8, 4) is 0 Å². The zero-order valence-corrected chi connectivity index (χ0v) is 16.9. The summed E-state index contributed by atoms with van der Waals surface area (Å²) >= 11 is 13.0. The lowest BCUT2D eigenvalue weighted by Gasteiger charge is -2.31. The molecule has 1 amide bonds. The highest BCUT2D eigenvalue weighted by atomic mass is 35.5. The Morgan fingerprint density at radius 1 is 1.36 bits per heavy atom. The zero-order valence-electron chi connectivity index (χ0n) is 14.5. The molecule has 0 N–H and O–H groups in total. The van der Waals surface area contributed by atoms with Gasteiger partial charge in [-0.2, -0.15) is 0 Å². The van der Waals surface area contributed by atoms with Crippen LogP contribution in [0.4, 0.5) is 0 Å². The molecule has 1 heterocycles. The van der Waals surface area contributed by atoms with Gasteiger partial charge in [0.05, 0.1) is 5.57 Å². The topological polar surface area (TPSA) is 48.0 Å². The van der Waals surface area contributed by atoms with E-state index in [9.17, 15) is 4.79 Å². The first-order chi connectivity index (χ1) is 11.8. The largest absolute Gasteiger partial charge is 0.441 e. The average molecular weight is 402 g/mol. The van der Waals surface area contributed by atoms with E-state index in [0.717, 1.165) is 5.75 Å². The predicted molar refractivity (Wildman–Crippen MR) is 104 cm³/mol. The van der Waals surface area contributed by atoms with Gasteiger partial charge in [0, 0.05) is 17.7 Å². The lowest BCUT2D eigenvalue weighted by molar-refractivity contribution is -0.238. The summed E-state index contributed by atoms with van der Waals surface area (Å²) in [4.78, 5) is 18.5. The summed E-state index contributed by atoms with van der Waals surface area (Å²) in [5, 5.41) is 1.69. The molecule has 1 aliphatic heterocycles. The second-order valence-electron chi connectivity index (χ2n) is 5.66. The van der Waals surface area contributed by atoms with Crippen LogP contribution >= 0.6 is 35.6 Å². The second kappa shape index (κ2) is 8.51. The van der Waals surface area contributed by atoms with Crippen LogP contribution in [-0.2, 0) is 19.1 Å². The minimum atomic E-state index is -0.873. The number of ether oxygens (including phenoxy) is 2. The highest BCUT2D eigenvalue weighted by molar-refractivity contribution is 8.22. The van der Waals surface area contributed by atoms with Gasteiger partial charge >= 0.3 is 0 Å². The molecule has 0 aliphatic carbocycles. The van der Waals surface area contributed by atoms with Crippen molar-refractivity contribution < 1.29 is 19.1 Å². The summed E-state index contributed by atoms with van der Waals surface area (Å²) in [7, 11) is 1.49. The first kappa shape index (κ1) is 20.2. The summed E-state index contributed by atoms with van der Waals surface area (Å²) < 4.78 is 11.2. The molecule has 5 nitrogen and oxygen atoms in total. The molecule has 8 heteroatoms. The molecule has 0 aromatic heterocycles. The molecule has 0 spiro atoms. The van der Waals surface area contributed by atoms with E-state index in [0.29, 0.717) is 26.3 Å². The van der Waals surface area contributed by atoms with Crippen molar-refractivity contribution in [1.29, 1.82) is 0 Å². The number of hydrogen-bond donors (Lipinski definition) is 0. The van der Waals surface area contributed by atoms with Crippen LogP contribution in [0.2, 0.25) is 5.02 Å². The molecular weight excluding hydrogens is 382 g/mol. The van der Waals surface area contributed by atoms with E-state index < -0.39 is 5.54 Å². The van der Waals surface area contributed by atoms with Crippen LogP contribution in [-0.4, -0.2) is 40.5 Å². The molecule has 0 atom stereocenters. The van der Waals surface area contributed by atoms with Gasteiger partial charge in [-0.3, -0.25) is 4.79 Å². The zero-order chi connectivity index (χ0) is 18.6. The van der Waals surface area contributed by atoms with E-state index >= 15 is 0 Å². The quantitative estimate of drug-likeness (QED) is 0.524. The minimum Gasteiger partial charge on any atom is -0.441 e. The van der Waals surface area contributed by atoms with E-state index in [2.05, 4.69) is 0 Å². The van der Waals surface area contributed by atoms with Crippen molar-refractivity contribution in [2.75, 3.05) is 19.7 Å². The lowest BCUT2D eigenvalue weighted by Crippen LogP contribution is -2.44. The van der Waals surface area contributed by atoms with E-state index in [1.54, 1.807) is 18.2 Å². The van der Waals surface area contributed by atoms with Gasteiger partial charge in [-0.1, -0.05) is 48.5 Å². The van der Waals surface area contributed by atoms with Crippen LogP contribution in [0.3, 0.4) is 0 Å². The molecule has 0 bridgehead atoms. The summed E-state index contributed by atoms with van der Waals surface area (Å²) in [5.74, 6) is 0.827. The number of halogens is 1. The highest BCUT2D eigenvalue weighted by Crippen LogP contribution is 2.43. The Bertz CT molecular complexity index is 706. The molecule has 0 saturated heterocycles. The van der Waals surface area contributed by atoms with Gasteiger partial charge in [-0.25, -0.2) is 9.90 Å². The first-order valence-electron chi connectivity index (χ1n) is 7.65. The van der Waals surface area contributed by atoms with Gasteiger partial charge in [0.1, 0.15) is 11.3 Å². The number of thiocarbonyl (C=S) groups is 1. The van der Waals surface area contributed by atoms with Crippen LogP contribution in [0.1, 0.15) is 26.3 Å². The SMILES string of the molecule is CCSC(=S)OC1=C(c2ccccc2Cl)C(=O)N(OCOC)C1(C)C. The van der Waals surface area contributed by atoms with E-state index in [4.69, 9.17) is 38.1 Å². The number of carbonyl (C=O) groups excluding carboxylic acids is 1. The van der Waals surface area contributed by atoms with Crippen LogP contribution in [0, 0.1) is 0 Å². The Kier molecular flexibility index (Phi) is 6.87. The van der Waals surface area contributed by atoms with Gasteiger partial charge in [-0.15, -0.1) is 0 Å². The maximum atomic E-state index is 13.0. The lowest BCUT2D eigenvalue weighted by atomic mass is 9.99. The van der Waals surface area contributed by atoms with E-state index in [1.165, 1.54) is 23.9 Å². The number of thioether (sulfide) groups is 1. The van der Waals surface area contributed by atoms with E-state index in [-0.39, 0.29) is 12.7 Å². The Balaban J connectivity index is 2.54.